The van der Waals surface area contributed by atoms with Crippen LogP contribution in [-0.4, -0.2) is 58.4 Å². The minimum absolute atomic E-state index is 0.0522. The number of nitrogens with one attached hydrogen (secondary N) is 1. The number of carbonyl (C=O) groups excluding carboxylic acids is 1. The second-order valence-corrected chi connectivity index (χ2v) is 5.80. The molecule has 3 heterocycles. The molecule has 1 amide bonds. The minimum atomic E-state index is -2.43. The molecule has 0 saturated carbocycles. The standard InChI is InChI=1S/C16H20N6O/c1-11-5-7-22(14(23)8-17-2)9-13(11)21(3)16-12-4-6-18-15(12)19-10-20-16/h4,6,10-11,13H,5,7-9H2,1,3H3,(H,18,19,20)/t11-,13-/m1/s1/i3D3. The predicted octanol–water partition coefficient (Wildman–Crippen LogP) is 1.55. The number of anilines is 1. The lowest BCUT2D eigenvalue weighted by atomic mass is 9.92. The summed E-state index contributed by atoms with van der Waals surface area (Å²) in [6.07, 6.45) is 3.70. The fourth-order valence-corrected chi connectivity index (χ4v) is 2.99. The third kappa shape index (κ3) is 2.84. The van der Waals surface area contributed by atoms with E-state index in [1.807, 2.05) is 6.92 Å². The maximum absolute atomic E-state index is 12.2. The van der Waals surface area contributed by atoms with E-state index in [2.05, 4.69) is 19.8 Å². The van der Waals surface area contributed by atoms with Crippen LogP contribution < -0.4 is 4.90 Å². The molecule has 0 spiro atoms. The lowest BCUT2D eigenvalue weighted by Gasteiger charge is -2.41. The van der Waals surface area contributed by atoms with Gasteiger partial charge in [0.2, 0.25) is 0 Å². The number of rotatable bonds is 3. The zero-order valence-electron chi connectivity index (χ0n) is 15.9. The molecule has 3 rings (SSSR count). The van der Waals surface area contributed by atoms with Gasteiger partial charge in [-0.2, -0.15) is 0 Å². The van der Waals surface area contributed by atoms with Crippen molar-refractivity contribution < 1.29 is 8.91 Å². The predicted molar refractivity (Wildman–Crippen MR) is 87.9 cm³/mol. The number of piperidine rings is 1. The van der Waals surface area contributed by atoms with Gasteiger partial charge in [0.25, 0.3) is 6.54 Å². The Morgan fingerprint density at radius 3 is 3.30 bits per heavy atom. The van der Waals surface area contributed by atoms with Gasteiger partial charge >= 0.3 is 5.91 Å². The summed E-state index contributed by atoms with van der Waals surface area (Å²) in [5.74, 6) is 0.112. The molecular weight excluding hydrogens is 292 g/mol. The van der Waals surface area contributed by atoms with Crippen LogP contribution in [0.5, 0.6) is 0 Å². The summed E-state index contributed by atoms with van der Waals surface area (Å²) in [6.45, 7) is 7.01. The molecule has 0 radical (unpaired) electrons. The summed E-state index contributed by atoms with van der Waals surface area (Å²) in [6, 6.07) is 1.32. The Kier molecular flexibility index (Phi) is 3.23. The zero-order valence-corrected chi connectivity index (χ0v) is 12.9. The van der Waals surface area contributed by atoms with Crippen LogP contribution in [0.1, 0.15) is 17.5 Å². The van der Waals surface area contributed by atoms with Gasteiger partial charge in [-0.1, -0.05) is 6.92 Å². The molecule has 0 aromatic carbocycles. The molecule has 2 atom stereocenters. The van der Waals surface area contributed by atoms with Gasteiger partial charge in [-0.15, -0.1) is 0 Å². The quantitative estimate of drug-likeness (QED) is 0.873. The Bertz CT molecular complexity index is 842. The van der Waals surface area contributed by atoms with Crippen LogP contribution in [0, 0.1) is 12.5 Å². The Morgan fingerprint density at radius 2 is 2.52 bits per heavy atom. The van der Waals surface area contributed by atoms with Gasteiger partial charge in [0, 0.05) is 30.4 Å². The third-order valence-electron chi connectivity index (χ3n) is 4.38. The number of H-pyrrole nitrogens is 1. The van der Waals surface area contributed by atoms with Crippen LogP contribution in [0.15, 0.2) is 18.6 Å². The Balaban J connectivity index is 2.01. The Hall–Kier alpha value is -2.62. The van der Waals surface area contributed by atoms with E-state index in [0.717, 1.165) is 0 Å². The second kappa shape index (κ2) is 6.24. The number of carbonyl (C=O) groups is 1. The maximum atomic E-state index is 12.2. The first-order valence-electron chi connectivity index (χ1n) is 9.01. The number of fused-ring (bicyclic) bond motifs is 1. The largest absolute Gasteiger partial charge is 0.354 e. The highest BCUT2D eigenvalue weighted by Gasteiger charge is 2.33. The molecule has 2 aromatic heterocycles. The fraction of sp³-hybridized carbons (Fsp3) is 0.500. The van der Waals surface area contributed by atoms with Crippen LogP contribution in [0.3, 0.4) is 0 Å². The number of nitrogens with zero attached hydrogens (tertiary/aromatic N) is 5. The van der Waals surface area contributed by atoms with E-state index < -0.39 is 13.0 Å². The lowest BCUT2D eigenvalue weighted by Crippen LogP contribution is -2.53. The van der Waals surface area contributed by atoms with Crippen molar-refractivity contribution in [2.75, 3.05) is 31.5 Å². The van der Waals surface area contributed by atoms with Gasteiger partial charge in [0.15, 0.2) is 0 Å². The van der Waals surface area contributed by atoms with Crippen LogP contribution >= 0.6 is 0 Å². The molecule has 7 nitrogen and oxygen atoms in total. The number of amides is 1. The van der Waals surface area contributed by atoms with Crippen LogP contribution in [-0.2, 0) is 4.79 Å². The van der Waals surface area contributed by atoms with E-state index >= 15 is 0 Å². The zero-order chi connectivity index (χ0) is 18.9. The van der Waals surface area contributed by atoms with Gasteiger partial charge in [-0.3, -0.25) is 4.79 Å². The summed E-state index contributed by atoms with van der Waals surface area (Å²) >= 11 is 0. The molecule has 2 aromatic rings. The normalized spacial score (nSPS) is 23.7. The van der Waals surface area contributed by atoms with Gasteiger partial charge in [0.05, 0.1) is 11.4 Å². The molecule has 7 heteroatoms. The second-order valence-electron chi connectivity index (χ2n) is 5.80. The van der Waals surface area contributed by atoms with E-state index in [9.17, 15) is 4.79 Å². The molecule has 1 fully saturated rings. The highest BCUT2D eigenvalue weighted by atomic mass is 16.2. The SMILES string of the molecule is [2H]C([2H])([2H])N(c1ncnc2[nH]ccc12)[C@@H]1CN(C(=O)C[N+]#[C-])CC[C@H]1C. The molecule has 1 N–H and O–H groups in total. The van der Waals surface area contributed by atoms with Gasteiger partial charge in [-0.25, -0.2) is 16.5 Å². The lowest BCUT2D eigenvalue weighted by molar-refractivity contribution is -0.130. The molecule has 23 heavy (non-hydrogen) atoms. The van der Waals surface area contributed by atoms with E-state index in [0.29, 0.717) is 29.8 Å². The highest BCUT2D eigenvalue weighted by molar-refractivity contribution is 5.87. The number of aromatic amines is 1. The first-order valence-corrected chi connectivity index (χ1v) is 7.51. The summed E-state index contributed by atoms with van der Waals surface area (Å²) in [4.78, 5) is 29.5. The van der Waals surface area contributed by atoms with Crippen molar-refractivity contribution in [1.82, 2.24) is 19.9 Å². The smallest absolute Gasteiger partial charge is 0.302 e. The molecule has 0 bridgehead atoms. The van der Waals surface area contributed by atoms with Crippen LogP contribution in [0.4, 0.5) is 5.82 Å². The van der Waals surface area contributed by atoms with Crippen molar-refractivity contribution in [3.05, 3.63) is 30.0 Å². The number of hydrogen-bond donors (Lipinski definition) is 1. The summed E-state index contributed by atoms with van der Waals surface area (Å²) in [5.41, 5.74) is 0.564. The van der Waals surface area contributed by atoms with Crippen LogP contribution in [0.25, 0.3) is 15.9 Å². The summed E-state index contributed by atoms with van der Waals surface area (Å²) < 4.78 is 24.2. The highest BCUT2D eigenvalue weighted by Crippen LogP contribution is 2.28. The average Bonchev–Trinajstić information content (AvgIpc) is 3.05. The Morgan fingerprint density at radius 1 is 1.65 bits per heavy atom. The molecular formula is C16H20N6O. The first kappa shape index (κ1) is 11.9. The number of hydrogen-bond acceptors (Lipinski definition) is 4. The topological polar surface area (TPSA) is 69.5 Å². The monoisotopic (exact) mass is 315 g/mol. The summed E-state index contributed by atoms with van der Waals surface area (Å²) in [7, 11) is 0. The average molecular weight is 315 g/mol. The molecule has 1 aliphatic rings. The van der Waals surface area contributed by atoms with Crippen molar-refractivity contribution in [2.45, 2.75) is 19.4 Å². The van der Waals surface area contributed by atoms with E-state index in [1.54, 1.807) is 17.2 Å². The number of aromatic nitrogens is 3. The Labute approximate surface area is 139 Å². The van der Waals surface area contributed by atoms with E-state index in [1.165, 1.54) is 11.2 Å². The van der Waals surface area contributed by atoms with Crippen molar-refractivity contribution in [1.29, 1.82) is 0 Å². The van der Waals surface area contributed by atoms with Crippen molar-refractivity contribution in [3.63, 3.8) is 0 Å². The minimum Gasteiger partial charge on any atom is -0.354 e. The third-order valence-corrected chi connectivity index (χ3v) is 4.38. The molecule has 0 unspecified atom stereocenters. The molecule has 0 aliphatic carbocycles. The number of likely N-dealkylation sites (tertiary alicyclic amines) is 1. The van der Waals surface area contributed by atoms with Gasteiger partial charge in [-0.05, 0) is 18.4 Å². The number of likely N-dealkylation sites (N-methyl/N-ethyl adjacent to an activating group) is 1. The molecule has 1 saturated heterocycles. The van der Waals surface area contributed by atoms with Gasteiger partial charge < -0.3 is 19.6 Å². The maximum Gasteiger partial charge on any atom is 0.302 e. The van der Waals surface area contributed by atoms with Gasteiger partial charge in [0.1, 0.15) is 17.8 Å². The molecule has 1 aliphatic heterocycles. The fourth-order valence-electron chi connectivity index (χ4n) is 2.99. The molecule has 120 valence electrons. The first-order chi connectivity index (χ1) is 12.3. The van der Waals surface area contributed by atoms with Crippen LogP contribution in [0.2, 0.25) is 0 Å². The van der Waals surface area contributed by atoms with Crippen molar-refractivity contribution >= 4 is 22.8 Å². The summed E-state index contributed by atoms with van der Waals surface area (Å²) in [5, 5.41) is 0.625. The van der Waals surface area contributed by atoms with E-state index in [4.69, 9.17) is 10.7 Å². The van der Waals surface area contributed by atoms with Crippen molar-refractivity contribution in [3.8, 4) is 0 Å². The van der Waals surface area contributed by atoms with E-state index in [-0.39, 0.29) is 24.9 Å². The van der Waals surface area contributed by atoms with Crippen molar-refractivity contribution in [2.24, 2.45) is 5.92 Å².